The third kappa shape index (κ3) is 3.28. The van der Waals surface area contributed by atoms with Gasteiger partial charge in [-0.2, -0.15) is 0 Å². The number of ether oxygens (including phenoxy) is 1. The van der Waals surface area contributed by atoms with Crippen LogP contribution >= 0.6 is 0 Å². The van der Waals surface area contributed by atoms with Crippen LogP contribution in [0.25, 0.3) is 11.1 Å². The molecule has 2 aliphatic rings. The van der Waals surface area contributed by atoms with Crippen LogP contribution in [-0.2, 0) is 9.53 Å². The van der Waals surface area contributed by atoms with Crippen molar-refractivity contribution in [2.75, 3.05) is 6.61 Å². The van der Waals surface area contributed by atoms with Gasteiger partial charge in [0.05, 0.1) is 0 Å². The van der Waals surface area contributed by atoms with Gasteiger partial charge < -0.3 is 15.2 Å². The lowest BCUT2D eigenvalue weighted by Gasteiger charge is -2.28. The number of aliphatic carboxylic acids is 1. The molecule has 144 valence electrons. The molecule has 5 heteroatoms. The van der Waals surface area contributed by atoms with Crippen molar-refractivity contribution in [1.29, 1.82) is 0 Å². The summed E-state index contributed by atoms with van der Waals surface area (Å²) in [6.07, 6.45) is 5.30. The monoisotopic (exact) mass is 377 g/mol. The largest absolute Gasteiger partial charge is 0.479 e. The average Bonchev–Trinajstić information content (AvgIpc) is 2.84. The highest BCUT2D eigenvalue weighted by atomic mass is 16.5. The van der Waals surface area contributed by atoms with Gasteiger partial charge in [-0.25, -0.2) is 9.59 Å². The number of carboxylic acids is 1. The first-order chi connectivity index (χ1) is 13.6. The fourth-order valence-electron chi connectivity index (χ4n) is 4.22. The molecule has 5 nitrogen and oxygen atoms in total. The zero-order chi connectivity index (χ0) is 19.6. The van der Waals surface area contributed by atoms with E-state index in [-0.39, 0.29) is 18.9 Å². The number of benzene rings is 2. The Bertz CT molecular complexity index is 890. The summed E-state index contributed by atoms with van der Waals surface area (Å²) in [4.78, 5) is 24.3. The number of allylic oxidation sites excluding steroid dienone is 1. The van der Waals surface area contributed by atoms with Crippen molar-refractivity contribution < 1.29 is 19.4 Å². The van der Waals surface area contributed by atoms with E-state index in [1.165, 1.54) is 0 Å². The maximum absolute atomic E-state index is 12.5. The van der Waals surface area contributed by atoms with E-state index in [0.29, 0.717) is 12.8 Å². The van der Waals surface area contributed by atoms with E-state index in [1.54, 1.807) is 0 Å². The highest BCUT2D eigenvalue weighted by molar-refractivity contribution is 5.85. The number of nitrogens with one attached hydrogen (secondary N) is 1. The Morgan fingerprint density at radius 2 is 1.68 bits per heavy atom. The second kappa shape index (κ2) is 7.50. The third-order valence-corrected chi connectivity index (χ3v) is 5.70. The van der Waals surface area contributed by atoms with Gasteiger partial charge in [0.15, 0.2) is 0 Å². The van der Waals surface area contributed by atoms with Crippen molar-refractivity contribution in [3.8, 4) is 11.1 Å². The van der Waals surface area contributed by atoms with E-state index < -0.39 is 17.6 Å². The van der Waals surface area contributed by atoms with Gasteiger partial charge in [0, 0.05) is 5.92 Å². The average molecular weight is 377 g/mol. The Hall–Kier alpha value is -3.08. The number of hydrogen-bond acceptors (Lipinski definition) is 3. The summed E-state index contributed by atoms with van der Waals surface area (Å²) in [6, 6.07) is 16.2. The molecule has 0 heterocycles. The minimum Gasteiger partial charge on any atom is -0.479 e. The van der Waals surface area contributed by atoms with Crippen molar-refractivity contribution in [3.63, 3.8) is 0 Å². The van der Waals surface area contributed by atoms with Crippen molar-refractivity contribution in [1.82, 2.24) is 5.32 Å². The molecule has 2 aromatic carbocycles. The predicted octanol–water partition coefficient (Wildman–Crippen LogP) is 4.48. The quantitative estimate of drug-likeness (QED) is 0.771. The van der Waals surface area contributed by atoms with E-state index in [0.717, 1.165) is 28.7 Å². The second-order valence-electron chi connectivity index (χ2n) is 7.41. The number of carboxylic acid groups (broad SMARTS) is 1. The fourth-order valence-corrected chi connectivity index (χ4v) is 4.22. The SMILES string of the molecule is O=C(NC1(C(=O)O)CC=CCCC1)OCC1c2ccccc2-c2ccccc21. The van der Waals surface area contributed by atoms with E-state index in [2.05, 4.69) is 29.6 Å². The summed E-state index contributed by atoms with van der Waals surface area (Å²) in [5, 5.41) is 12.3. The highest BCUT2D eigenvalue weighted by Gasteiger charge is 2.40. The third-order valence-electron chi connectivity index (χ3n) is 5.70. The molecule has 0 saturated heterocycles. The lowest BCUT2D eigenvalue weighted by atomic mass is 9.91. The first kappa shape index (κ1) is 18.3. The number of carbonyl (C=O) groups excluding carboxylic acids is 1. The lowest BCUT2D eigenvalue weighted by Crippen LogP contribution is -2.54. The van der Waals surface area contributed by atoms with Gasteiger partial charge in [0.1, 0.15) is 12.1 Å². The summed E-state index contributed by atoms with van der Waals surface area (Å²) in [5.74, 6) is -1.07. The van der Waals surface area contributed by atoms with Gasteiger partial charge in [-0.1, -0.05) is 60.7 Å². The molecule has 0 radical (unpaired) electrons. The van der Waals surface area contributed by atoms with Gasteiger partial charge in [-0.15, -0.1) is 0 Å². The fraction of sp³-hybridized carbons (Fsp3) is 0.304. The summed E-state index contributed by atoms with van der Waals surface area (Å²) in [7, 11) is 0. The number of hydrogen-bond donors (Lipinski definition) is 2. The van der Waals surface area contributed by atoms with Crippen LogP contribution in [0.4, 0.5) is 4.79 Å². The summed E-state index contributed by atoms with van der Waals surface area (Å²) in [6.45, 7) is 0.172. The maximum atomic E-state index is 12.5. The van der Waals surface area contributed by atoms with Crippen LogP contribution in [0.5, 0.6) is 0 Å². The Morgan fingerprint density at radius 1 is 1.04 bits per heavy atom. The van der Waals surface area contributed by atoms with Crippen molar-refractivity contribution >= 4 is 12.1 Å². The molecule has 0 aromatic heterocycles. The minimum atomic E-state index is -1.30. The number of fused-ring (bicyclic) bond motifs is 3. The Kier molecular flexibility index (Phi) is 4.90. The topological polar surface area (TPSA) is 75.6 Å². The molecule has 0 saturated carbocycles. The van der Waals surface area contributed by atoms with Gasteiger partial charge in [-0.05, 0) is 47.9 Å². The van der Waals surface area contributed by atoms with E-state index in [4.69, 9.17) is 4.74 Å². The van der Waals surface area contributed by atoms with Crippen LogP contribution in [-0.4, -0.2) is 29.3 Å². The molecule has 2 aliphatic carbocycles. The molecule has 2 N–H and O–H groups in total. The number of amides is 1. The zero-order valence-electron chi connectivity index (χ0n) is 15.6. The summed E-state index contributed by atoms with van der Waals surface area (Å²) in [5.41, 5.74) is 3.27. The number of rotatable bonds is 4. The normalized spacial score (nSPS) is 20.7. The molecule has 28 heavy (non-hydrogen) atoms. The van der Waals surface area contributed by atoms with Crippen LogP contribution < -0.4 is 5.32 Å². The standard InChI is InChI=1S/C23H23NO4/c25-21(26)23(13-7-1-2-8-14-23)24-22(27)28-15-20-18-11-5-3-9-16(18)17-10-4-6-12-19(17)20/h1,3-7,9-12,20H,2,8,13-15H2,(H,24,27)(H,25,26). The molecule has 1 atom stereocenters. The van der Waals surface area contributed by atoms with Crippen LogP contribution in [0.1, 0.15) is 42.7 Å². The number of alkyl carbamates (subject to hydrolysis) is 1. The van der Waals surface area contributed by atoms with Crippen LogP contribution in [0.2, 0.25) is 0 Å². The Labute approximate surface area is 164 Å². The number of carbonyl (C=O) groups is 2. The molecule has 4 rings (SSSR count). The molecule has 0 aliphatic heterocycles. The summed E-state index contributed by atoms with van der Waals surface area (Å²) < 4.78 is 5.52. The molecule has 1 unspecified atom stereocenters. The van der Waals surface area contributed by atoms with E-state index in [9.17, 15) is 14.7 Å². The predicted molar refractivity (Wildman–Crippen MR) is 106 cm³/mol. The van der Waals surface area contributed by atoms with Crippen molar-refractivity contribution in [2.45, 2.75) is 37.1 Å². The van der Waals surface area contributed by atoms with Crippen molar-refractivity contribution in [2.24, 2.45) is 0 Å². The Morgan fingerprint density at radius 3 is 2.32 bits per heavy atom. The van der Waals surface area contributed by atoms with Gasteiger partial charge in [-0.3, -0.25) is 0 Å². The molecule has 0 fully saturated rings. The van der Waals surface area contributed by atoms with Gasteiger partial charge in [0.25, 0.3) is 0 Å². The maximum Gasteiger partial charge on any atom is 0.408 e. The van der Waals surface area contributed by atoms with Crippen molar-refractivity contribution in [3.05, 3.63) is 71.8 Å². The Balaban J connectivity index is 1.49. The minimum absolute atomic E-state index is 0.0482. The van der Waals surface area contributed by atoms with Gasteiger partial charge in [0.2, 0.25) is 0 Å². The van der Waals surface area contributed by atoms with Gasteiger partial charge >= 0.3 is 12.1 Å². The van der Waals surface area contributed by atoms with Crippen LogP contribution in [0.15, 0.2) is 60.7 Å². The molecule has 1 amide bonds. The second-order valence-corrected chi connectivity index (χ2v) is 7.41. The first-order valence-electron chi connectivity index (χ1n) is 9.62. The smallest absolute Gasteiger partial charge is 0.408 e. The molecule has 0 spiro atoms. The van der Waals surface area contributed by atoms with E-state index in [1.807, 2.05) is 36.4 Å². The van der Waals surface area contributed by atoms with E-state index >= 15 is 0 Å². The zero-order valence-corrected chi connectivity index (χ0v) is 15.6. The summed E-state index contributed by atoms with van der Waals surface area (Å²) >= 11 is 0. The lowest BCUT2D eigenvalue weighted by molar-refractivity contribution is -0.144. The molecule has 2 aromatic rings. The molecular weight excluding hydrogens is 354 g/mol. The highest BCUT2D eigenvalue weighted by Crippen LogP contribution is 2.44. The van der Waals surface area contributed by atoms with Crippen LogP contribution in [0.3, 0.4) is 0 Å². The molecular formula is C23H23NO4. The van der Waals surface area contributed by atoms with Crippen LogP contribution in [0, 0.1) is 0 Å². The first-order valence-corrected chi connectivity index (χ1v) is 9.62. The molecule has 0 bridgehead atoms.